The first-order valence-electron chi connectivity index (χ1n) is 8.53. The van der Waals surface area contributed by atoms with Crippen molar-refractivity contribution in [3.05, 3.63) is 29.8 Å². The van der Waals surface area contributed by atoms with Gasteiger partial charge >= 0.3 is 0 Å². The second-order valence-electron chi connectivity index (χ2n) is 6.09. The van der Waals surface area contributed by atoms with E-state index < -0.39 is 10.0 Å². The minimum Gasteiger partial charge on any atom is -0.356 e. The number of unbranched alkanes of at least 4 members (excludes halogenated alkanes) is 1. The number of anilines is 1. The zero-order valence-corrected chi connectivity index (χ0v) is 15.3. The fraction of sp³-hybridized carbons (Fsp3) is 0.529. The summed E-state index contributed by atoms with van der Waals surface area (Å²) in [5, 5.41) is 5.52. The van der Waals surface area contributed by atoms with Crippen molar-refractivity contribution in [2.45, 2.75) is 32.6 Å². The van der Waals surface area contributed by atoms with Gasteiger partial charge in [0.2, 0.25) is 15.9 Å². The Hall–Kier alpha value is -2.09. The number of hydrogen-bond donors (Lipinski definition) is 2. The summed E-state index contributed by atoms with van der Waals surface area (Å²) >= 11 is 0. The number of hydrogen-bond acceptors (Lipinski definition) is 4. The molecule has 1 fully saturated rings. The quantitative estimate of drug-likeness (QED) is 0.709. The molecule has 0 aromatic heterocycles. The molecule has 1 aromatic rings. The maximum atomic E-state index is 12.2. The van der Waals surface area contributed by atoms with Gasteiger partial charge in [-0.2, -0.15) is 0 Å². The van der Waals surface area contributed by atoms with E-state index in [4.69, 9.17) is 0 Å². The summed E-state index contributed by atoms with van der Waals surface area (Å²) < 4.78 is 25.7. The topological polar surface area (TPSA) is 95.6 Å². The fourth-order valence-corrected chi connectivity index (χ4v) is 4.33. The predicted molar refractivity (Wildman–Crippen MR) is 97.1 cm³/mol. The van der Waals surface area contributed by atoms with Gasteiger partial charge in [0, 0.05) is 32.1 Å². The van der Waals surface area contributed by atoms with E-state index >= 15 is 0 Å². The van der Waals surface area contributed by atoms with E-state index in [1.807, 2.05) is 0 Å². The SMILES string of the molecule is CC(=O)NCCCCNC(=O)c1cccc(N2CCCCS2(=O)=O)c1. The maximum absolute atomic E-state index is 12.2. The Morgan fingerprint density at radius 1 is 1.12 bits per heavy atom. The summed E-state index contributed by atoms with van der Waals surface area (Å²) in [4.78, 5) is 23.0. The van der Waals surface area contributed by atoms with Crippen molar-refractivity contribution in [1.29, 1.82) is 0 Å². The number of sulfonamides is 1. The van der Waals surface area contributed by atoms with Crippen LogP contribution in [-0.2, 0) is 14.8 Å². The minimum absolute atomic E-state index is 0.0616. The number of carbonyl (C=O) groups is 2. The van der Waals surface area contributed by atoms with Gasteiger partial charge in [-0.3, -0.25) is 13.9 Å². The molecule has 8 heteroatoms. The van der Waals surface area contributed by atoms with E-state index in [2.05, 4.69) is 10.6 Å². The van der Waals surface area contributed by atoms with Crippen molar-refractivity contribution < 1.29 is 18.0 Å². The molecule has 0 aliphatic carbocycles. The van der Waals surface area contributed by atoms with Gasteiger partial charge in [0.05, 0.1) is 11.4 Å². The summed E-state index contributed by atoms with van der Waals surface area (Å²) in [6, 6.07) is 6.71. The van der Waals surface area contributed by atoms with Crippen LogP contribution in [0, 0.1) is 0 Å². The highest BCUT2D eigenvalue weighted by Gasteiger charge is 2.26. The summed E-state index contributed by atoms with van der Waals surface area (Å²) in [6.45, 7) is 3.02. The Kier molecular flexibility index (Phi) is 6.81. The number of benzene rings is 1. The molecule has 1 aliphatic rings. The lowest BCUT2D eigenvalue weighted by atomic mass is 10.1. The molecule has 2 N–H and O–H groups in total. The summed E-state index contributed by atoms with van der Waals surface area (Å²) in [5.74, 6) is -0.137. The van der Waals surface area contributed by atoms with Gasteiger partial charge < -0.3 is 10.6 Å². The lowest BCUT2D eigenvalue weighted by molar-refractivity contribution is -0.118. The van der Waals surface area contributed by atoms with Crippen LogP contribution >= 0.6 is 0 Å². The Bertz CT molecular complexity index is 718. The molecule has 0 spiro atoms. The van der Waals surface area contributed by atoms with Gasteiger partial charge in [0.15, 0.2) is 0 Å². The number of rotatable bonds is 7. The van der Waals surface area contributed by atoms with Crippen molar-refractivity contribution in [2.24, 2.45) is 0 Å². The molecule has 1 heterocycles. The van der Waals surface area contributed by atoms with Crippen LogP contribution in [0.5, 0.6) is 0 Å². The molecule has 0 atom stereocenters. The van der Waals surface area contributed by atoms with Gasteiger partial charge in [-0.1, -0.05) is 6.07 Å². The molecule has 1 saturated heterocycles. The Balaban J connectivity index is 1.90. The van der Waals surface area contributed by atoms with E-state index in [1.54, 1.807) is 24.3 Å². The average molecular weight is 367 g/mol. The van der Waals surface area contributed by atoms with E-state index in [0.29, 0.717) is 37.3 Å². The largest absolute Gasteiger partial charge is 0.356 e. The molecule has 7 nitrogen and oxygen atoms in total. The van der Waals surface area contributed by atoms with Crippen molar-refractivity contribution in [1.82, 2.24) is 10.6 Å². The van der Waals surface area contributed by atoms with Crippen LogP contribution in [0.1, 0.15) is 43.0 Å². The van der Waals surface area contributed by atoms with Crippen LogP contribution < -0.4 is 14.9 Å². The highest BCUT2D eigenvalue weighted by molar-refractivity contribution is 7.92. The highest BCUT2D eigenvalue weighted by atomic mass is 32.2. The zero-order chi connectivity index (χ0) is 18.3. The lowest BCUT2D eigenvalue weighted by Gasteiger charge is -2.28. The summed E-state index contributed by atoms with van der Waals surface area (Å²) in [6.07, 6.45) is 3.04. The monoisotopic (exact) mass is 367 g/mol. The first kappa shape index (κ1) is 19.2. The van der Waals surface area contributed by atoms with Gasteiger partial charge in [-0.25, -0.2) is 8.42 Å². The molecule has 0 saturated carbocycles. The molecule has 0 radical (unpaired) electrons. The Morgan fingerprint density at radius 3 is 2.52 bits per heavy atom. The number of carbonyl (C=O) groups excluding carboxylic acids is 2. The molecule has 1 aromatic carbocycles. The fourth-order valence-electron chi connectivity index (χ4n) is 2.70. The van der Waals surface area contributed by atoms with E-state index in [0.717, 1.165) is 19.3 Å². The number of amides is 2. The molecule has 138 valence electrons. The van der Waals surface area contributed by atoms with Crippen molar-refractivity contribution in [2.75, 3.05) is 29.7 Å². The molecule has 1 aliphatic heterocycles. The molecule has 0 bridgehead atoms. The molecule has 2 rings (SSSR count). The third kappa shape index (κ3) is 5.74. The standard InChI is InChI=1S/C17H25N3O4S/c1-14(21)18-9-2-3-10-19-17(22)15-7-6-8-16(13-15)20-11-4-5-12-25(20,23)24/h6-8,13H,2-5,9-12H2,1H3,(H,18,21)(H,19,22). The van der Waals surface area contributed by atoms with E-state index in [1.165, 1.54) is 11.2 Å². The van der Waals surface area contributed by atoms with Crippen LogP contribution in [0.4, 0.5) is 5.69 Å². The third-order valence-corrected chi connectivity index (χ3v) is 5.88. The van der Waals surface area contributed by atoms with Crippen molar-refractivity contribution >= 4 is 27.5 Å². The number of nitrogens with one attached hydrogen (secondary N) is 2. The number of nitrogens with zero attached hydrogens (tertiary/aromatic N) is 1. The molecular weight excluding hydrogens is 342 g/mol. The molecular formula is C17H25N3O4S. The van der Waals surface area contributed by atoms with Gasteiger partial charge in [0.25, 0.3) is 5.91 Å². The minimum atomic E-state index is -3.29. The van der Waals surface area contributed by atoms with Crippen LogP contribution in [-0.4, -0.2) is 45.6 Å². The maximum Gasteiger partial charge on any atom is 0.251 e. The van der Waals surface area contributed by atoms with Crippen LogP contribution in [0.25, 0.3) is 0 Å². The van der Waals surface area contributed by atoms with Gasteiger partial charge in [0.1, 0.15) is 0 Å². The van der Waals surface area contributed by atoms with Crippen LogP contribution in [0.3, 0.4) is 0 Å². The zero-order valence-electron chi connectivity index (χ0n) is 14.5. The Labute approximate surface area is 148 Å². The van der Waals surface area contributed by atoms with Crippen molar-refractivity contribution in [3.63, 3.8) is 0 Å². The van der Waals surface area contributed by atoms with Gasteiger partial charge in [-0.15, -0.1) is 0 Å². The lowest BCUT2D eigenvalue weighted by Crippen LogP contribution is -2.38. The molecule has 25 heavy (non-hydrogen) atoms. The van der Waals surface area contributed by atoms with Crippen LogP contribution in [0.2, 0.25) is 0 Å². The second-order valence-corrected chi connectivity index (χ2v) is 8.10. The summed E-state index contributed by atoms with van der Waals surface area (Å²) in [5.41, 5.74) is 0.984. The molecule has 2 amide bonds. The summed E-state index contributed by atoms with van der Waals surface area (Å²) in [7, 11) is -3.29. The second kappa shape index (κ2) is 8.84. The highest BCUT2D eigenvalue weighted by Crippen LogP contribution is 2.24. The van der Waals surface area contributed by atoms with Crippen LogP contribution in [0.15, 0.2) is 24.3 Å². The normalized spacial score (nSPS) is 16.3. The van der Waals surface area contributed by atoms with Crippen molar-refractivity contribution in [3.8, 4) is 0 Å². The van der Waals surface area contributed by atoms with Gasteiger partial charge in [-0.05, 0) is 43.9 Å². The average Bonchev–Trinajstić information content (AvgIpc) is 2.57. The Morgan fingerprint density at radius 2 is 1.84 bits per heavy atom. The smallest absolute Gasteiger partial charge is 0.251 e. The van der Waals surface area contributed by atoms with E-state index in [-0.39, 0.29) is 17.6 Å². The predicted octanol–water partition coefficient (Wildman–Crippen LogP) is 1.26. The first-order chi connectivity index (χ1) is 11.9. The molecule has 0 unspecified atom stereocenters. The van der Waals surface area contributed by atoms with E-state index in [9.17, 15) is 18.0 Å². The first-order valence-corrected chi connectivity index (χ1v) is 10.1. The third-order valence-electron chi connectivity index (χ3n) is 4.01.